The van der Waals surface area contributed by atoms with Gasteiger partial charge in [-0.15, -0.1) is 0 Å². The number of halogens is 3. The van der Waals surface area contributed by atoms with Gasteiger partial charge in [-0.3, -0.25) is 9.48 Å². The molecule has 1 atom stereocenters. The lowest BCUT2D eigenvalue weighted by Crippen LogP contribution is -2.55. The number of hydrogen-bond donors (Lipinski definition) is 0. The van der Waals surface area contributed by atoms with Crippen LogP contribution in [0.5, 0.6) is 0 Å². The minimum absolute atomic E-state index is 0.00998. The zero-order chi connectivity index (χ0) is 27.3. The zero-order valence-corrected chi connectivity index (χ0v) is 22.2. The topological polar surface area (TPSA) is 70.4 Å². The van der Waals surface area contributed by atoms with Crippen LogP contribution >= 0.6 is 0 Å². The summed E-state index contributed by atoms with van der Waals surface area (Å²) in [6.07, 6.45) is 3.37. The molecule has 0 bridgehead atoms. The molecule has 3 aliphatic rings. The fraction of sp³-hybridized carbons (Fsp3) is 0.500. The van der Waals surface area contributed by atoms with Gasteiger partial charge in [0.25, 0.3) is 0 Å². The second kappa shape index (κ2) is 9.84. The number of alkyl halides is 3. The Kier molecular flexibility index (Phi) is 6.47. The van der Waals surface area contributed by atoms with Crippen LogP contribution < -0.4 is 9.80 Å². The molecule has 1 amide bonds. The maximum absolute atomic E-state index is 14.0. The number of piperazine rings is 1. The number of fused-ring (bicyclic) bond motifs is 1. The average Bonchev–Trinajstić information content (AvgIpc) is 3.69. The van der Waals surface area contributed by atoms with Crippen molar-refractivity contribution in [2.45, 2.75) is 64.3 Å². The van der Waals surface area contributed by atoms with E-state index in [1.165, 1.54) is 6.07 Å². The van der Waals surface area contributed by atoms with Gasteiger partial charge in [-0.2, -0.15) is 18.3 Å². The van der Waals surface area contributed by atoms with Crippen molar-refractivity contribution < 1.29 is 18.0 Å². The molecule has 11 heteroatoms. The molecule has 0 spiro atoms. The van der Waals surface area contributed by atoms with Gasteiger partial charge in [-0.25, -0.2) is 9.97 Å². The minimum Gasteiger partial charge on any atom is -0.367 e. The van der Waals surface area contributed by atoms with Crippen molar-refractivity contribution in [3.63, 3.8) is 0 Å². The molecule has 1 saturated carbocycles. The van der Waals surface area contributed by atoms with Gasteiger partial charge in [0.05, 0.1) is 23.6 Å². The molecule has 6 rings (SSSR count). The number of benzene rings is 1. The first-order valence-corrected chi connectivity index (χ1v) is 13.5. The maximum atomic E-state index is 14.0. The predicted octanol–water partition coefficient (Wildman–Crippen LogP) is 4.18. The van der Waals surface area contributed by atoms with Gasteiger partial charge in [0.2, 0.25) is 5.91 Å². The fourth-order valence-electron chi connectivity index (χ4n) is 5.82. The van der Waals surface area contributed by atoms with Crippen LogP contribution in [0.2, 0.25) is 0 Å². The smallest absolute Gasteiger partial charge is 0.367 e. The fourth-order valence-corrected chi connectivity index (χ4v) is 5.82. The standard InChI is InChI=1S/C28H32F3N7O/c1-18-7-9-34-38(18)17-26(39)37-12-11-36(15-19(37)2)25-6-5-24(28(29,30)31)22-8-10-35(16-23(22)25)21-13-32-27(33-14-21)20-3-4-20/h5-7,9,13-14,19-20H,3-4,8,10-12,15-17H2,1-2H3. The average molecular weight is 540 g/mol. The number of carbonyl (C=O) groups is 1. The molecule has 8 nitrogen and oxygen atoms in total. The zero-order valence-electron chi connectivity index (χ0n) is 22.2. The summed E-state index contributed by atoms with van der Waals surface area (Å²) in [6.45, 7) is 6.48. The van der Waals surface area contributed by atoms with E-state index in [0.29, 0.717) is 56.2 Å². The van der Waals surface area contributed by atoms with Crippen molar-refractivity contribution >= 4 is 17.3 Å². The van der Waals surface area contributed by atoms with Gasteiger partial charge in [0.1, 0.15) is 12.4 Å². The Morgan fingerprint density at radius 1 is 1.03 bits per heavy atom. The molecule has 1 saturated heterocycles. The van der Waals surface area contributed by atoms with E-state index in [0.717, 1.165) is 35.7 Å². The Bertz CT molecular complexity index is 1370. The van der Waals surface area contributed by atoms with Crippen molar-refractivity contribution in [2.24, 2.45) is 0 Å². The molecule has 39 heavy (non-hydrogen) atoms. The summed E-state index contributed by atoms with van der Waals surface area (Å²) in [5, 5.41) is 4.22. The van der Waals surface area contributed by atoms with Crippen LogP contribution in [-0.4, -0.2) is 62.8 Å². The van der Waals surface area contributed by atoms with E-state index in [1.54, 1.807) is 29.3 Å². The van der Waals surface area contributed by atoms with Crippen LogP contribution in [-0.2, 0) is 30.5 Å². The van der Waals surface area contributed by atoms with E-state index in [1.807, 2.05) is 24.8 Å². The van der Waals surface area contributed by atoms with E-state index in [9.17, 15) is 18.0 Å². The predicted molar refractivity (Wildman–Crippen MR) is 141 cm³/mol. The van der Waals surface area contributed by atoms with Gasteiger partial charge < -0.3 is 14.7 Å². The van der Waals surface area contributed by atoms with Crippen molar-refractivity contribution in [3.8, 4) is 0 Å². The molecule has 2 fully saturated rings. The van der Waals surface area contributed by atoms with Crippen LogP contribution in [0, 0.1) is 6.92 Å². The third kappa shape index (κ3) is 5.06. The maximum Gasteiger partial charge on any atom is 0.416 e. The quantitative estimate of drug-likeness (QED) is 0.485. The Morgan fingerprint density at radius 3 is 2.44 bits per heavy atom. The molecule has 0 radical (unpaired) electrons. The highest BCUT2D eigenvalue weighted by Crippen LogP contribution is 2.41. The Morgan fingerprint density at radius 2 is 1.79 bits per heavy atom. The SMILES string of the molecule is Cc1ccnn1CC(=O)N1CCN(c2ccc(C(F)(F)F)c3c2CN(c2cnc(C4CC4)nc2)CC3)CC1C. The lowest BCUT2D eigenvalue weighted by atomic mass is 9.91. The lowest BCUT2D eigenvalue weighted by Gasteiger charge is -2.43. The lowest BCUT2D eigenvalue weighted by molar-refractivity contribution is -0.138. The Labute approximate surface area is 225 Å². The first-order chi connectivity index (χ1) is 18.7. The van der Waals surface area contributed by atoms with Gasteiger partial charge in [0.15, 0.2) is 0 Å². The Balaban J connectivity index is 1.24. The molecular formula is C28H32F3N7O. The summed E-state index contributed by atoms with van der Waals surface area (Å²) in [5.74, 6) is 1.28. The second-order valence-corrected chi connectivity index (χ2v) is 10.8. The number of rotatable bonds is 5. The van der Waals surface area contributed by atoms with E-state index in [4.69, 9.17) is 0 Å². The Hall–Kier alpha value is -3.63. The number of nitrogens with zero attached hydrogens (tertiary/aromatic N) is 7. The molecule has 1 unspecified atom stereocenters. The number of anilines is 2. The van der Waals surface area contributed by atoms with Crippen LogP contribution in [0.25, 0.3) is 0 Å². The monoisotopic (exact) mass is 539 g/mol. The number of aromatic nitrogens is 4. The van der Waals surface area contributed by atoms with Crippen LogP contribution in [0.3, 0.4) is 0 Å². The summed E-state index contributed by atoms with van der Waals surface area (Å²) in [7, 11) is 0. The van der Waals surface area contributed by atoms with Gasteiger partial charge in [-0.1, -0.05) is 0 Å². The largest absolute Gasteiger partial charge is 0.416 e. The van der Waals surface area contributed by atoms with E-state index in [-0.39, 0.29) is 18.5 Å². The molecule has 1 aromatic carbocycles. The van der Waals surface area contributed by atoms with E-state index < -0.39 is 11.7 Å². The van der Waals surface area contributed by atoms with E-state index in [2.05, 4.69) is 24.9 Å². The molecular weight excluding hydrogens is 507 g/mol. The normalized spacial score (nSPS) is 19.8. The van der Waals surface area contributed by atoms with Crippen molar-refractivity contribution in [1.29, 1.82) is 0 Å². The number of aryl methyl sites for hydroxylation is 1. The highest BCUT2D eigenvalue weighted by molar-refractivity contribution is 5.77. The molecule has 1 aliphatic carbocycles. The van der Waals surface area contributed by atoms with Gasteiger partial charge in [0, 0.05) is 62.3 Å². The summed E-state index contributed by atoms with van der Waals surface area (Å²) < 4.78 is 43.6. The summed E-state index contributed by atoms with van der Waals surface area (Å²) in [5.41, 5.74) is 3.06. The molecule has 3 aromatic rings. The minimum atomic E-state index is -4.41. The van der Waals surface area contributed by atoms with Crippen LogP contribution in [0.4, 0.5) is 24.5 Å². The van der Waals surface area contributed by atoms with Crippen molar-refractivity contribution in [2.75, 3.05) is 36.0 Å². The first-order valence-electron chi connectivity index (χ1n) is 13.5. The molecule has 206 valence electrons. The number of hydrogen-bond acceptors (Lipinski definition) is 6. The number of amides is 1. The molecule has 0 N–H and O–H groups in total. The van der Waals surface area contributed by atoms with Crippen LogP contribution in [0.15, 0.2) is 36.8 Å². The highest BCUT2D eigenvalue weighted by Gasteiger charge is 2.38. The molecule has 2 aliphatic heterocycles. The summed E-state index contributed by atoms with van der Waals surface area (Å²) >= 11 is 0. The van der Waals surface area contributed by atoms with Gasteiger partial charge in [-0.05, 0) is 62.4 Å². The van der Waals surface area contributed by atoms with Crippen molar-refractivity contribution in [1.82, 2.24) is 24.6 Å². The van der Waals surface area contributed by atoms with Crippen LogP contribution in [0.1, 0.15) is 53.9 Å². The number of carbonyl (C=O) groups excluding carboxylic acids is 1. The van der Waals surface area contributed by atoms with Gasteiger partial charge >= 0.3 is 6.18 Å². The highest BCUT2D eigenvalue weighted by atomic mass is 19.4. The third-order valence-electron chi connectivity index (χ3n) is 8.16. The molecule has 4 heterocycles. The van der Waals surface area contributed by atoms with Crippen molar-refractivity contribution in [3.05, 3.63) is 65.0 Å². The second-order valence-electron chi connectivity index (χ2n) is 10.8. The molecule has 2 aromatic heterocycles. The third-order valence-corrected chi connectivity index (χ3v) is 8.16. The summed E-state index contributed by atoms with van der Waals surface area (Å²) in [6, 6.07) is 4.59. The first kappa shape index (κ1) is 25.6. The van der Waals surface area contributed by atoms with E-state index >= 15 is 0 Å². The summed E-state index contributed by atoms with van der Waals surface area (Å²) in [4.78, 5) is 28.1.